The van der Waals surface area contributed by atoms with E-state index in [1.165, 1.54) is 0 Å². The van der Waals surface area contributed by atoms with Crippen LogP contribution in [-0.4, -0.2) is 28.0 Å². The second-order valence-corrected chi connectivity index (χ2v) is 5.60. The highest BCUT2D eigenvalue weighted by molar-refractivity contribution is 6.31. The van der Waals surface area contributed by atoms with Crippen LogP contribution in [0.5, 0.6) is 0 Å². The predicted octanol–water partition coefficient (Wildman–Crippen LogP) is 2.00. The number of hydrogen-bond acceptors (Lipinski definition) is 3. The van der Waals surface area contributed by atoms with Crippen molar-refractivity contribution in [2.24, 2.45) is 17.1 Å². The molecule has 0 saturated carbocycles. The van der Waals surface area contributed by atoms with Gasteiger partial charge in [-0.2, -0.15) is 5.10 Å². The third kappa shape index (κ3) is 2.71. The molecule has 0 fully saturated rings. The summed E-state index contributed by atoms with van der Waals surface area (Å²) in [6.45, 7) is 9.36. The Hall–Kier alpha value is -0.580. The summed E-state index contributed by atoms with van der Waals surface area (Å²) in [6.07, 6.45) is 0.658. The van der Waals surface area contributed by atoms with Crippen LogP contribution in [0.25, 0.3) is 0 Å². The van der Waals surface area contributed by atoms with Gasteiger partial charge in [0.1, 0.15) is 0 Å². The van der Waals surface area contributed by atoms with Gasteiger partial charge in [-0.3, -0.25) is 4.68 Å². The van der Waals surface area contributed by atoms with Crippen molar-refractivity contribution in [3.8, 4) is 0 Å². The molecule has 0 aliphatic carbocycles. The Morgan fingerprint density at radius 2 is 2.11 bits per heavy atom. The zero-order chi connectivity index (χ0) is 13.9. The number of aliphatic hydroxyl groups excluding tert-OH is 1. The molecule has 3 N–H and O–H groups in total. The van der Waals surface area contributed by atoms with Crippen LogP contribution in [0.2, 0.25) is 5.02 Å². The van der Waals surface area contributed by atoms with Crippen molar-refractivity contribution in [1.82, 2.24) is 9.78 Å². The molecule has 4 nitrogen and oxygen atoms in total. The molecule has 5 heteroatoms. The van der Waals surface area contributed by atoms with E-state index in [2.05, 4.69) is 18.9 Å². The number of nitrogens with two attached hydrogens (primary N) is 1. The molecule has 0 saturated heterocycles. The van der Waals surface area contributed by atoms with E-state index in [1.54, 1.807) is 0 Å². The van der Waals surface area contributed by atoms with Gasteiger partial charge in [-0.15, -0.1) is 0 Å². The van der Waals surface area contributed by atoms with Gasteiger partial charge in [0.15, 0.2) is 0 Å². The lowest BCUT2D eigenvalue weighted by atomic mass is 9.74. The van der Waals surface area contributed by atoms with E-state index in [4.69, 9.17) is 17.3 Å². The second-order valence-electron chi connectivity index (χ2n) is 5.22. The first-order chi connectivity index (χ1) is 8.41. The lowest BCUT2D eigenvalue weighted by Crippen LogP contribution is -2.41. The van der Waals surface area contributed by atoms with Crippen LogP contribution in [-0.2, 0) is 13.0 Å². The highest BCUT2D eigenvalue weighted by Crippen LogP contribution is 2.33. The van der Waals surface area contributed by atoms with Gasteiger partial charge in [0.05, 0.1) is 23.0 Å². The Bertz CT molecular complexity index is 397. The van der Waals surface area contributed by atoms with Crippen molar-refractivity contribution in [2.45, 2.75) is 40.7 Å². The summed E-state index contributed by atoms with van der Waals surface area (Å²) in [5, 5.41) is 14.8. The molecular weight excluding hydrogens is 250 g/mol. The third-order valence-corrected chi connectivity index (χ3v) is 4.41. The number of hydrogen-bond donors (Lipinski definition) is 2. The Labute approximate surface area is 114 Å². The van der Waals surface area contributed by atoms with Crippen LogP contribution in [0, 0.1) is 18.3 Å². The SMILES string of the molecule is CCn1nc(C)c(Cl)c1CC(CN)(CO)C(C)C. The Kier molecular flexibility index (Phi) is 5.20. The zero-order valence-corrected chi connectivity index (χ0v) is 12.5. The van der Waals surface area contributed by atoms with E-state index in [0.29, 0.717) is 18.0 Å². The Morgan fingerprint density at radius 1 is 1.50 bits per heavy atom. The lowest BCUT2D eigenvalue weighted by molar-refractivity contribution is 0.0821. The summed E-state index contributed by atoms with van der Waals surface area (Å²) in [6, 6.07) is 0. The van der Waals surface area contributed by atoms with Crippen molar-refractivity contribution in [2.75, 3.05) is 13.2 Å². The fourth-order valence-electron chi connectivity index (χ4n) is 2.19. The molecule has 0 aliphatic rings. The molecule has 1 aromatic rings. The van der Waals surface area contributed by atoms with E-state index in [0.717, 1.165) is 17.9 Å². The molecule has 18 heavy (non-hydrogen) atoms. The smallest absolute Gasteiger partial charge is 0.0847 e. The molecule has 1 atom stereocenters. The van der Waals surface area contributed by atoms with Gasteiger partial charge in [0, 0.05) is 24.9 Å². The summed E-state index contributed by atoms with van der Waals surface area (Å²) in [5.74, 6) is 0.282. The van der Waals surface area contributed by atoms with E-state index >= 15 is 0 Å². The molecule has 0 aliphatic heterocycles. The summed E-state index contributed by atoms with van der Waals surface area (Å²) in [4.78, 5) is 0. The van der Waals surface area contributed by atoms with E-state index in [1.807, 2.05) is 18.5 Å². The average Bonchev–Trinajstić information content (AvgIpc) is 2.62. The van der Waals surface area contributed by atoms with Crippen LogP contribution in [0.15, 0.2) is 0 Å². The van der Waals surface area contributed by atoms with Gasteiger partial charge >= 0.3 is 0 Å². The molecule has 0 aromatic carbocycles. The van der Waals surface area contributed by atoms with Crippen LogP contribution in [0.4, 0.5) is 0 Å². The van der Waals surface area contributed by atoms with Gasteiger partial charge in [-0.05, 0) is 19.8 Å². The minimum Gasteiger partial charge on any atom is -0.396 e. The molecule has 1 rings (SSSR count). The first-order valence-corrected chi connectivity index (χ1v) is 6.82. The molecule has 1 heterocycles. The standard InChI is InChI=1S/C13H24ClN3O/c1-5-17-11(12(14)10(4)16-17)6-13(7-15,8-18)9(2)3/h9,18H,5-8,15H2,1-4H3. The van der Waals surface area contributed by atoms with Crippen molar-refractivity contribution < 1.29 is 5.11 Å². The van der Waals surface area contributed by atoms with Crippen molar-refractivity contribution in [1.29, 1.82) is 0 Å². The van der Waals surface area contributed by atoms with E-state index < -0.39 is 0 Å². The van der Waals surface area contributed by atoms with Gasteiger partial charge in [-0.1, -0.05) is 25.4 Å². The van der Waals surface area contributed by atoms with Gasteiger partial charge < -0.3 is 10.8 Å². The quantitative estimate of drug-likeness (QED) is 0.833. The number of nitrogens with zero attached hydrogens (tertiary/aromatic N) is 2. The molecule has 1 aromatic heterocycles. The number of rotatable bonds is 6. The maximum Gasteiger partial charge on any atom is 0.0847 e. The van der Waals surface area contributed by atoms with Crippen molar-refractivity contribution >= 4 is 11.6 Å². The number of aromatic nitrogens is 2. The van der Waals surface area contributed by atoms with Crippen LogP contribution < -0.4 is 5.73 Å². The fraction of sp³-hybridized carbons (Fsp3) is 0.769. The number of halogens is 1. The topological polar surface area (TPSA) is 64.1 Å². The van der Waals surface area contributed by atoms with Gasteiger partial charge in [0.25, 0.3) is 0 Å². The molecule has 104 valence electrons. The molecule has 0 spiro atoms. The number of aryl methyl sites for hydroxylation is 2. The Balaban J connectivity index is 3.15. The molecular formula is C13H24ClN3O. The van der Waals surface area contributed by atoms with Crippen LogP contribution in [0.1, 0.15) is 32.2 Å². The Morgan fingerprint density at radius 3 is 2.50 bits per heavy atom. The summed E-state index contributed by atoms with van der Waals surface area (Å²) >= 11 is 6.31. The van der Waals surface area contributed by atoms with E-state index in [-0.39, 0.29) is 17.9 Å². The maximum absolute atomic E-state index is 9.72. The first-order valence-electron chi connectivity index (χ1n) is 6.44. The largest absolute Gasteiger partial charge is 0.396 e. The zero-order valence-electron chi connectivity index (χ0n) is 11.7. The van der Waals surface area contributed by atoms with E-state index in [9.17, 15) is 5.11 Å². The first kappa shape index (κ1) is 15.5. The maximum atomic E-state index is 9.72. The van der Waals surface area contributed by atoms with Gasteiger partial charge in [-0.25, -0.2) is 0 Å². The average molecular weight is 274 g/mol. The molecule has 0 amide bonds. The highest BCUT2D eigenvalue weighted by atomic mass is 35.5. The number of aliphatic hydroxyl groups is 1. The summed E-state index contributed by atoms with van der Waals surface area (Å²) in [7, 11) is 0. The fourth-order valence-corrected chi connectivity index (χ4v) is 2.39. The van der Waals surface area contributed by atoms with Crippen LogP contribution >= 0.6 is 11.6 Å². The van der Waals surface area contributed by atoms with Crippen molar-refractivity contribution in [3.63, 3.8) is 0 Å². The van der Waals surface area contributed by atoms with Crippen LogP contribution in [0.3, 0.4) is 0 Å². The second kappa shape index (κ2) is 6.04. The molecule has 1 unspecified atom stereocenters. The highest BCUT2D eigenvalue weighted by Gasteiger charge is 2.34. The lowest BCUT2D eigenvalue weighted by Gasteiger charge is -2.35. The summed E-state index contributed by atoms with van der Waals surface area (Å²) in [5.41, 5.74) is 7.36. The monoisotopic (exact) mass is 273 g/mol. The summed E-state index contributed by atoms with van der Waals surface area (Å²) < 4.78 is 1.90. The minimum absolute atomic E-state index is 0.0609. The third-order valence-electron chi connectivity index (χ3n) is 3.92. The molecule has 0 radical (unpaired) electrons. The minimum atomic E-state index is -0.330. The predicted molar refractivity (Wildman–Crippen MR) is 74.8 cm³/mol. The normalized spacial score (nSPS) is 15.1. The van der Waals surface area contributed by atoms with Crippen molar-refractivity contribution in [3.05, 3.63) is 16.4 Å². The molecule has 0 bridgehead atoms. The van der Waals surface area contributed by atoms with Gasteiger partial charge in [0.2, 0.25) is 0 Å².